The molecule has 0 spiro atoms. The highest BCUT2D eigenvalue weighted by molar-refractivity contribution is 6.06. The number of rotatable bonds is 5. The molecule has 2 amide bonds. The van der Waals surface area contributed by atoms with Crippen LogP contribution in [-0.4, -0.2) is 47.8 Å². The van der Waals surface area contributed by atoms with Crippen LogP contribution < -0.4 is 10.2 Å². The van der Waals surface area contributed by atoms with Crippen LogP contribution in [-0.2, 0) is 0 Å². The summed E-state index contributed by atoms with van der Waals surface area (Å²) in [6.07, 6.45) is 4.21. The van der Waals surface area contributed by atoms with Gasteiger partial charge in [-0.05, 0) is 56.9 Å². The first kappa shape index (κ1) is 20.8. The van der Waals surface area contributed by atoms with Gasteiger partial charge in [-0.2, -0.15) is 0 Å². The van der Waals surface area contributed by atoms with Gasteiger partial charge in [-0.3, -0.25) is 19.7 Å². The molecular weight excluding hydrogens is 396 g/mol. The normalized spacial score (nSPS) is 15.9. The van der Waals surface area contributed by atoms with Crippen LogP contribution in [0.1, 0.15) is 52.0 Å². The standard InChI is InChI=1S/C23H26N4O4/c1-16-6-7-17(14-21(16)27(30)31)22(28)24-18-8-9-20(25-10-2-3-11-25)19(15-18)23(29)26-12-4-5-13-26/h6-9,14-15H,2-5,10-13H2,1H3,(H,24,28). The zero-order chi connectivity index (χ0) is 22.0. The number of nitrogens with zero attached hydrogens (tertiary/aromatic N) is 3. The highest BCUT2D eigenvalue weighted by Crippen LogP contribution is 2.30. The molecule has 0 aliphatic carbocycles. The van der Waals surface area contributed by atoms with Crippen LogP contribution in [0.25, 0.3) is 0 Å². The second-order valence-electron chi connectivity index (χ2n) is 8.14. The lowest BCUT2D eigenvalue weighted by molar-refractivity contribution is -0.385. The third kappa shape index (κ3) is 4.38. The van der Waals surface area contributed by atoms with Gasteiger partial charge in [0.2, 0.25) is 0 Å². The summed E-state index contributed by atoms with van der Waals surface area (Å²) in [4.78, 5) is 40.7. The Morgan fingerprint density at radius 3 is 2.32 bits per heavy atom. The molecule has 4 rings (SSSR count). The average molecular weight is 422 g/mol. The summed E-state index contributed by atoms with van der Waals surface area (Å²) in [7, 11) is 0. The van der Waals surface area contributed by atoms with Crippen LogP contribution in [0.5, 0.6) is 0 Å². The fourth-order valence-electron chi connectivity index (χ4n) is 4.26. The summed E-state index contributed by atoms with van der Waals surface area (Å²) in [5.74, 6) is -0.460. The molecule has 8 nitrogen and oxygen atoms in total. The van der Waals surface area contributed by atoms with Gasteiger partial charge in [0, 0.05) is 54.7 Å². The number of benzene rings is 2. The molecule has 0 unspecified atom stereocenters. The van der Waals surface area contributed by atoms with Crippen LogP contribution in [0.4, 0.5) is 17.1 Å². The van der Waals surface area contributed by atoms with E-state index in [0.717, 1.165) is 57.5 Å². The Labute approximate surface area is 181 Å². The lowest BCUT2D eigenvalue weighted by atomic mass is 10.1. The Morgan fingerprint density at radius 1 is 0.968 bits per heavy atom. The lowest BCUT2D eigenvalue weighted by Crippen LogP contribution is -2.30. The van der Waals surface area contributed by atoms with Gasteiger partial charge in [0.05, 0.1) is 10.5 Å². The molecule has 2 aromatic rings. The molecule has 8 heteroatoms. The quantitative estimate of drug-likeness (QED) is 0.581. The van der Waals surface area contributed by atoms with Crippen LogP contribution in [0.15, 0.2) is 36.4 Å². The Kier molecular flexibility index (Phi) is 5.88. The number of hydrogen-bond acceptors (Lipinski definition) is 5. The molecule has 0 saturated carbocycles. The van der Waals surface area contributed by atoms with E-state index in [4.69, 9.17) is 0 Å². The van der Waals surface area contributed by atoms with Gasteiger partial charge in [-0.25, -0.2) is 0 Å². The van der Waals surface area contributed by atoms with Gasteiger partial charge < -0.3 is 15.1 Å². The average Bonchev–Trinajstić information content (AvgIpc) is 3.47. The monoisotopic (exact) mass is 422 g/mol. The maximum Gasteiger partial charge on any atom is 0.273 e. The SMILES string of the molecule is Cc1ccc(C(=O)Nc2ccc(N3CCCC3)c(C(=O)N3CCCC3)c2)cc1[N+](=O)[O-]. The minimum Gasteiger partial charge on any atom is -0.371 e. The van der Waals surface area contributed by atoms with Crippen molar-refractivity contribution in [2.45, 2.75) is 32.6 Å². The molecule has 2 aliphatic rings. The van der Waals surface area contributed by atoms with Crippen LogP contribution in [0.3, 0.4) is 0 Å². The number of nitrogens with one attached hydrogen (secondary N) is 1. The number of carbonyl (C=O) groups is 2. The van der Waals surface area contributed by atoms with E-state index in [-0.39, 0.29) is 17.2 Å². The topological polar surface area (TPSA) is 95.8 Å². The summed E-state index contributed by atoms with van der Waals surface area (Å²) in [6.45, 7) is 4.97. The van der Waals surface area contributed by atoms with Gasteiger partial charge >= 0.3 is 0 Å². The number of hydrogen-bond donors (Lipinski definition) is 1. The number of likely N-dealkylation sites (tertiary alicyclic amines) is 1. The van der Waals surface area contributed by atoms with E-state index in [1.807, 2.05) is 11.0 Å². The van der Waals surface area contributed by atoms with Crippen molar-refractivity contribution in [3.8, 4) is 0 Å². The Morgan fingerprint density at radius 2 is 1.65 bits per heavy atom. The van der Waals surface area contributed by atoms with E-state index < -0.39 is 10.8 Å². The summed E-state index contributed by atoms with van der Waals surface area (Å²) in [5, 5.41) is 14.0. The highest BCUT2D eigenvalue weighted by Gasteiger charge is 2.26. The summed E-state index contributed by atoms with van der Waals surface area (Å²) >= 11 is 0. The van der Waals surface area contributed by atoms with E-state index in [2.05, 4.69) is 10.2 Å². The summed E-state index contributed by atoms with van der Waals surface area (Å²) in [5.41, 5.74) is 2.60. The van der Waals surface area contributed by atoms with Gasteiger partial charge in [-0.15, -0.1) is 0 Å². The molecular formula is C23H26N4O4. The van der Waals surface area contributed by atoms with Crippen LogP contribution in [0, 0.1) is 17.0 Å². The van der Waals surface area contributed by atoms with E-state index in [1.165, 1.54) is 6.07 Å². The molecule has 31 heavy (non-hydrogen) atoms. The molecule has 2 aromatic carbocycles. The Hall–Kier alpha value is -3.42. The highest BCUT2D eigenvalue weighted by atomic mass is 16.6. The first-order valence-corrected chi connectivity index (χ1v) is 10.7. The van der Waals surface area contributed by atoms with E-state index in [1.54, 1.807) is 31.2 Å². The van der Waals surface area contributed by atoms with E-state index in [0.29, 0.717) is 16.8 Å². The second kappa shape index (κ2) is 8.75. The molecule has 0 bridgehead atoms. The van der Waals surface area contributed by atoms with Crippen molar-refractivity contribution in [3.05, 3.63) is 63.2 Å². The molecule has 0 atom stereocenters. The molecule has 0 aromatic heterocycles. The lowest BCUT2D eigenvalue weighted by Gasteiger charge is -2.24. The maximum absolute atomic E-state index is 13.2. The zero-order valence-electron chi connectivity index (χ0n) is 17.6. The van der Waals surface area contributed by atoms with E-state index >= 15 is 0 Å². The minimum atomic E-state index is -0.496. The van der Waals surface area contributed by atoms with Gasteiger partial charge in [-0.1, -0.05) is 6.07 Å². The molecule has 2 saturated heterocycles. The number of carbonyl (C=O) groups excluding carboxylic acids is 2. The van der Waals surface area contributed by atoms with Crippen molar-refractivity contribution in [1.29, 1.82) is 0 Å². The minimum absolute atomic E-state index is 0.0125. The van der Waals surface area contributed by atoms with Crippen LogP contribution in [0.2, 0.25) is 0 Å². The number of aryl methyl sites for hydroxylation is 1. The van der Waals surface area contributed by atoms with Crippen molar-refractivity contribution in [2.24, 2.45) is 0 Å². The first-order valence-electron chi connectivity index (χ1n) is 10.7. The Balaban J connectivity index is 1.62. The molecule has 162 valence electrons. The molecule has 2 heterocycles. The number of nitro groups is 1. The Bertz CT molecular complexity index is 1020. The smallest absolute Gasteiger partial charge is 0.273 e. The third-order valence-corrected chi connectivity index (χ3v) is 5.99. The summed E-state index contributed by atoms with van der Waals surface area (Å²) < 4.78 is 0. The number of anilines is 2. The predicted octanol–water partition coefficient (Wildman–Crippen LogP) is 3.99. The zero-order valence-corrected chi connectivity index (χ0v) is 17.6. The van der Waals surface area contributed by atoms with Crippen molar-refractivity contribution in [1.82, 2.24) is 4.90 Å². The van der Waals surface area contributed by atoms with Crippen molar-refractivity contribution >= 4 is 28.9 Å². The van der Waals surface area contributed by atoms with Crippen LogP contribution >= 0.6 is 0 Å². The maximum atomic E-state index is 13.2. The fourth-order valence-corrected chi connectivity index (χ4v) is 4.26. The first-order chi connectivity index (χ1) is 14.9. The van der Waals surface area contributed by atoms with Crippen molar-refractivity contribution < 1.29 is 14.5 Å². The number of amides is 2. The molecule has 0 radical (unpaired) electrons. The van der Waals surface area contributed by atoms with Gasteiger partial charge in [0.1, 0.15) is 0 Å². The second-order valence-corrected chi connectivity index (χ2v) is 8.14. The van der Waals surface area contributed by atoms with Gasteiger partial charge in [0.15, 0.2) is 0 Å². The third-order valence-electron chi connectivity index (χ3n) is 5.99. The van der Waals surface area contributed by atoms with Gasteiger partial charge in [0.25, 0.3) is 17.5 Å². The number of nitro benzene ring substituents is 1. The van der Waals surface area contributed by atoms with E-state index in [9.17, 15) is 19.7 Å². The van der Waals surface area contributed by atoms with Crippen molar-refractivity contribution in [2.75, 3.05) is 36.4 Å². The predicted molar refractivity (Wildman–Crippen MR) is 119 cm³/mol. The molecule has 2 fully saturated rings. The fraction of sp³-hybridized carbons (Fsp3) is 0.391. The molecule has 1 N–H and O–H groups in total. The summed E-state index contributed by atoms with van der Waals surface area (Å²) in [6, 6.07) is 9.81. The molecule has 2 aliphatic heterocycles. The van der Waals surface area contributed by atoms with Crippen molar-refractivity contribution in [3.63, 3.8) is 0 Å². The largest absolute Gasteiger partial charge is 0.371 e.